The van der Waals surface area contributed by atoms with Gasteiger partial charge in [0.15, 0.2) is 5.69 Å². The maximum absolute atomic E-state index is 11.0. The molecule has 1 N–H and O–H groups in total. The number of benzene rings is 1. The fourth-order valence-corrected chi connectivity index (χ4v) is 1.86. The number of nitrogens with zero attached hydrogens (tertiary/aromatic N) is 1. The zero-order valence-corrected chi connectivity index (χ0v) is 10.9. The molecule has 0 bridgehead atoms. The molecule has 2 aromatic rings. The number of rotatable bonds is 4. The number of pyridine rings is 1. The second kappa shape index (κ2) is 5.52. The summed E-state index contributed by atoms with van der Waals surface area (Å²) in [5.74, 6) is -0.286. The first-order valence-electron chi connectivity index (χ1n) is 5.95. The van der Waals surface area contributed by atoms with Crippen molar-refractivity contribution < 1.29 is 14.6 Å². The predicted molar refractivity (Wildman–Crippen MR) is 71.4 cm³/mol. The van der Waals surface area contributed by atoms with Gasteiger partial charge in [0.25, 0.3) is 0 Å². The van der Waals surface area contributed by atoms with Gasteiger partial charge in [-0.2, -0.15) is 0 Å². The summed E-state index contributed by atoms with van der Waals surface area (Å²) < 4.78 is 5.67. The van der Waals surface area contributed by atoms with Gasteiger partial charge in [-0.25, -0.2) is 9.78 Å². The molecule has 0 amide bonds. The van der Waals surface area contributed by atoms with Crippen LogP contribution in [0.5, 0.6) is 5.75 Å². The first-order valence-corrected chi connectivity index (χ1v) is 5.95. The van der Waals surface area contributed by atoms with Crippen LogP contribution >= 0.6 is 0 Å². The average Bonchev–Trinajstić information content (AvgIpc) is 2.38. The van der Waals surface area contributed by atoms with Gasteiger partial charge in [0.1, 0.15) is 12.4 Å². The van der Waals surface area contributed by atoms with Gasteiger partial charge < -0.3 is 9.84 Å². The molecule has 0 spiro atoms. The van der Waals surface area contributed by atoms with Crippen molar-refractivity contribution in [1.82, 2.24) is 4.98 Å². The van der Waals surface area contributed by atoms with Gasteiger partial charge in [-0.05, 0) is 31.5 Å². The van der Waals surface area contributed by atoms with Crippen LogP contribution in [0.4, 0.5) is 0 Å². The maximum Gasteiger partial charge on any atom is 0.354 e. The minimum absolute atomic E-state index is 0.0345. The number of ether oxygens (including phenoxy) is 1. The van der Waals surface area contributed by atoms with Crippen molar-refractivity contribution in [1.29, 1.82) is 0 Å². The molecular weight excluding hydrogens is 242 g/mol. The Balaban J connectivity index is 2.17. The summed E-state index contributed by atoms with van der Waals surface area (Å²) in [5.41, 5.74) is 2.79. The number of carboxylic acids is 1. The molecule has 0 saturated heterocycles. The summed E-state index contributed by atoms with van der Waals surface area (Å²) in [6.45, 7) is 4.17. The Morgan fingerprint density at radius 2 is 2.11 bits per heavy atom. The second-order valence-electron chi connectivity index (χ2n) is 4.37. The van der Waals surface area contributed by atoms with Crippen LogP contribution in [0, 0.1) is 13.8 Å². The van der Waals surface area contributed by atoms with E-state index in [-0.39, 0.29) is 12.3 Å². The van der Waals surface area contributed by atoms with Crippen molar-refractivity contribution in [3.8, 4) is 5.75 Å². The highest BCUT2D eigenvalue weighted by molar-refractivity contribution is 5.86. The predicted octanol–water partition coefficient (Wildman–Crippen LogP) is 2.98. The number of carboxylic acid groups (broad SMARTS) is 1. The Kier molecular flexibility index (Phi) is 3.80. The van der Waals surface area contributed by atoms with Gasteiger partial charge in [-0.1, -0.05) is 23.8 Å². The zero-order chi connectivity index (χ0) is 13.8. The molecule has 1 aromatic heterocycles. The zero-order valence-electron chi connectivity index (χ0n) is 10.9. The van der Waals surface area contributed by atoms with Gasteiger partial charge in [-0.15, -0.1) is 0 Å². The quantitative estimate of drug-likeness (QED) is 0.914. The number of carbonyl (C=O) groups is 1. The first kappa shape index (κ1) is 13.1. The van der Waals surface area contributed by atoms with Crippen molar-refractivity contribution in [2.24, 2.45) is 0 Å². The highest BCUT2D eigenvalue weighted by Gasteiger charge is 2.11. The molecule has 0 fully saturated rings. The fraction of sp³-hybridized carbons (Fsp3) is 0.200. The lowest BCUT2D eigenvalue weighted by atomic mass is 10.1. The molecule has 98 valence electrons. The number of aromatic nitrogens is 1. The van der Waals surface area contributed by atoms with E-state index in [1.807, 2.05) is 32.0 Å². The summed E-state index contributed by atoms with van der Waals surface area (Å²) in [6.07, 6.45) is 1.46. The lowest BCUT2D eigenvalue weighted by Gasteiger charge is -2.10. The first-order chi connectivity index (χ1) is 9.08. The summed E-state index contributed by atoms with van der Waals surface area (Å²) in [7, 11) is 0. The maximum atomic E-state index is 11.0. The van der Waals surface area contributed by atoms with E-state index in [2.05, 4.69) is 4.98 Å². The van der Waals surface area contributed by atoms with E-state index in [9.17, 15) is 4.79 Å². The number of hydrogen-bond donors (Lipinski definition) is 1. The molecule has 1 heterocycles. The molecule has 0 aliphatic heterocycles. The highest BCUT2D eigenvalue weighted by Crippen LogP contribution is 2.20. The molecule has 2 rings (SSSR count). The lowest BCUT2D eigenvalue weighted by molar-refractivity contribution is 0.0687. The van der Waals surface area contributed by atoms with Gasteiger partial charge in [0, 0.05) is 11.8 Å². The van der Waals surface area contributed by atoms with E-state index >= 15 is 0 Å². The molecule has 4 heteroatoms. The molecule has 4 nitrogen and oxygen atoms in total. The van der Waals surface area contributed by atoms with E-state index in [1.54, 1.807) is 12.1 Å². The molecule has 0 radical (unpaired) electrons. The van der Waals surface area contributed by atoms with Crippen molar-refractivity contribution in [3.63, 3.8) is 0 Å². The van der Waals surface area contributed by atoms with Gasteiger partial charge in [0.2, 0.25) is 0 Å². The molecule has 1 aromatic carbocycles. The summed E-state index contributed by atoms with van der Waals surface area (Å²) in [5, 5.41) is 9.04. The Hall–Kier alpha value is -2.36. The average molecular weight is 257 g/mol. The Morgan fingerprint density at radius 3 is 2.79 bits per heavy atom. The smallest absolute Gasteiger partial charge is 0.354 e. The van der Waals surface area contributed by atoms with Crippen LogP contribution in [0.3, 0.4) is 0 Å². The van der Waals surface area contributed by atoms with Gasteiger partial charge in [0.05, 0.1) is 0 Å². The van der Waals surface area contributed by atoms with E-state index in [4.69, 9.17) is 9.84 Å². The van der Waals surface area contributed by atoms with Crippen LogP contribution < -0.4 is 4.74 Å². The third-order valence-corrected chi connectivity index (χ3v) is 2.81. The molecule has 0 saturated carbocycles. The van der Waals surface area contributed by atoms with E-state index in [1.165, 1.54) is 6.20 Å². The standard InChI is InChI=1S/C15H15NO3/c1-10-5-6-13(11(2)8-10)19-9-12-4-3-7-16-14(12)15(17)18/h3-8H,9H2,1-2H3,(H,17,18). The Bertz CT molecular complexity index is 608. The third kappa shape index (κ3) is 3.10. The normalized spacial score (nSPS) is 10.2. The molecule has 19 heavy (non-hydrogen) atoms. The molecule has 0 unspecified atom stereocenters. The molecule has 0 aliphatic carbocycles. The Labute approximate surface area is 111 Å². The van der Waals surface area contributed by atoms with Crippen LogP contribution in [0.1, 0.15) is 27.2 Å². The summed E-state index contributed by atoms with van der Waals surface area (Å²) >= 11 is 0. The van der Waals surface area contributed by atoms with E-state index in [0.29, 0.717) is 5.56 Å². The van der Waals surface area contributed by atoms with E-state index < -0.39 is 5.97 Å². The fourth-order valence-electron chi connectivity index (χ4n) is 1.86. The largest absolute Gasteiger partial charge is 0.489 e. The number of aryl methyl sites for hydroxylation is 2. The van der Waals surface area contributed by atoms with Crippen molar-refractivity contribution in [3.05, 3.63) is 58.9 Å². The van der Waals surface area contributed by atoms with Crippen LogP contribution in [-0.4, -0.2) is 16.1 Å². The monoisotopic (exact) mass is 257 g/mol. The van der Waals surface area contributed by atoms with Crippen LogP contribution in [0.15, 0.2) is 36.5 Å². The highest BCUT2D eigenvalue weighted by atomic mass is 16.5. The van der Waals surface area contributed by atoms with Crippen LogP contribution in [-0.2, 0) is 6.61 Å². The lowest BCUT2D eigenvalue weighted by Crippen LogP contribution is -2.08. The summed E-state index contributed by atoms with van der Waals surface area (Å²) in [6, 6.07) is 9.29. The third-order valence-electron chi connectivity index (χ3n) is 2.81. The van der Waals surface area contributed by atoms with Gasteiger partial charge in [-0.3, -0.25) is 0 Å². The molecular formula is C15H15NO3. The van der Waals surface area contributed by atoms with Crippen molar-refractivity contribution in [2.45, 2.75) is 20.5 Å². The number of hydrogen-bond acceptors (Lipinski definition) is 3. The topological polar surface area (TPSA) is 59.4 Å². The van der Waals surface area contributed by atoms with Gasteiger partial charge >= 0.3 is 5.97 Å². The van der Waals surface area contributed by atoms with Crippen LogP contribution in [0.2, 0.25) is 0 Å². The van der Waals surface area contributed by atoms with Crippen molar-refractivity contribution in [2.75, 3.05) is 0 Å². The minimum Gasteiger partial charge on any atom is -0.489 e. The SMILES string of the molecule is Cc1ccc(OCc2cccnc2C(=O)O)c(C)c1. The Morgan fingerprint density at radius 1 is 1.32 bits per heavy atom. The minimum atomic E-state index is -1.04. The van der Waals surface area contributed by atoms with Crippen LogP contribution in [0.25, 0.3) is 0 Å². The second-order valence-corrected chi connectivity index (χ2v) is 4.37. The van der Waals surface area contributed by atoms with E-state index in [0.717, 1.165) is 16.9 Å². The summed E-state index contributed by atoms with van der Waals surface area (Å²) in [4.78, 5) is 14.9. The molecule has 0 aliphatic rings. The van der Waals surface area contributed by atoms with Crippen molar-refractivity contribution >= 4 is 5.97 Å². The molecule has 0 atom stereocenters. The number of aromatic carboxylic acids is 1.